The van der Waals surface area contributed by atoms with Crippen LogP contribution in [0, 0.1) is 0 Å². The Morgan fingerprint density at radius 2 is 1.72 bits per heavy atom. The van der Waals surface area contributed by atoms with E-state index in [2.05, 4.69) is 10.6 Å². The van der Waals surface area contributed by atoms with Gasteiger partial charge in [-0.3, -0.25) is 9.59 Å². The molecule has 2 N–H and O–H groups in total. The van der Waals surface area contributed by atoms with Crippen LogP contribution in [0.3, 0.4) is 0 Å². The van der Waals surface area contributed by atoms with Crippen LogP contribution in [0.5, 0.6) is 0 Å². The number of halogens is 1. The third-order valence-electron chi connectivity index (χ3n) is 3.36. The van der Waals surface area contributed by atoms with Gasteiger partial charge in [-0.1, -0.05) is 23.7 Å². The SMILES string of the molecule is CC(=O)Nc1ccc(/C=C/C(=O)Nc2cc(Cl)ccc2N(C)C)cc1. The summed E-state index contributed by atoms with van der Waals surface area (Å²) in [5, 5.41) is 6.08. The third-order valence-corrected chi connectivity index (χ3v) is 3.59. The molecular formula is C19H20ClN3O2. The zero-order valence-corrected chi connectivity index (χ0v) is 15.1. The van der Waals surface area contributed by atoms with E-state index in [0.717, 1.165) is 11.3 Å². The van der Waals surface area contributed by atoms with Gasteiger partial charge in [0.2, 0.25) is 11.8 Å². The lowest BCUT2D eigenvalue weighted by molar-refractivity contribution is -0.114. The molecule has 0 saturated heterocycles. The van der Waals surface area contributed by atoms with Crippen molar-refractivity contribution in [2.24, 2.45) is 0 Å². The van der Waals surface area contributed by atoms with E-state index in [1.54, 1.807) is 30.3 Å². The lowest BCUT2D eigenvalue weighted by Crippen LogP contribution is -2.15. The van der Waals surface area contributed by atoms with Crippen molar-refractivity contribution >= 4 is 46.6 Å². The average molecular weight is 358 g/mol. The summed E-state index contributed by atoms with van der Waals surface area (Å²) >= 11 is 6.01. The van der Waals surface area contributed by atoms with Crippen LogP contribution in [0.2, 0.25) is 5.02 Å². The topological polar surface area (TPSA) is 61.4 Å². The van der Waals surface area contributed by atoms with Gasteiger partial charge in [0, 0.05) is 37.8 Å². The highest BCUT2D eigenvalue weighted by Gasteiger charge is 2.07. The van der Waals surface area contributed by atoms with Gasteiger partial charge in [0.1, 0.15) is 0 Å². The molecule has 130 valence electrons. The summed E-state index contributed by atoms with van der Waals surface area (Å²) in [5.74, 6) is -0.378. The zero-order valence-electron chi connectivity index (χ0n) is 14.3. The van der Waals surface area contributed by atoms with E-state index in [9.17, 15) is 9.59 Å². The number of hydrogen-bond donors (Lipinski definition) is 2. The Morgan fingerprint density at radius 3 is 2.32 bits per heavy atom. The quantitative estimate of drug-likeness (QED) is 0.794. The third kappa shape index (κ3) is 5.65. The molecule has 0 heterocycles. The van der Waals surface area contributed by atoms with E-state index in [-0.39, 0.29) is 11.8 Å². The number of amides is 2. The molecule has 0 spiro atoms. The molecule has 0 bridgehead atoms. The number of nitrogens with zero attached hydrogens (tertiary/aromatic N) is 1. The monoisotopic (exact) mass is 357 g/mol. The van der Waals surface area contributed by atoms with Crippen LogP contribution in [0.25, 0.3) is 6.08 Å². The molecule has 0 aliphatic carbocycles. The van der Waals surface area contributed by atoms with Crippen molar-refractivity contribution in [3.63, 3.8) is 0 Å². The fourth-order valence-electron chi connectivity index (χ4n) is 2.23. The predicted molar refractivity (Wildman–Crippen MR) is 104 cm³/mol. The van der Waals surface area contributed by atoms with Gasteiger partial charge in [0.05, 0.1) is 11.4 Å². The van der Waals surface area contributed by atoms with Gasteiger partial charge in [-0.25, -0.2) is 0 Å². The normalized spacial score (nSPS) is 10.6. The molecule has 2 aromatic rings. The van der Waals surface area contributed by atoms with Crippen LogP contribution in [-0.2, 0) is 9.59 Å². The maximum atomic E-state index is 12.2. The number of benzene rings is 2. The molecule has 6 heteroatoms. The second-order valence-corrected chi connectivity index (χ2v) is 6.12. The van der Waals surface area contributed by atoms with Crippen LogP contribution >= 0.6 is 11.6 Å². The minimum atomic E-state index is -0.253. The predicted octanol–water partition coefficient (Wildman–Crippen LogP) is 4.02. The molecule has 0 fully saturated rings. The van der Waals surface area contributed by atoms with Crippen LogP contribution in [0.15, 0.2) is 48.5 Å². The van der Waals surface area contributed by atoms with E-state index in [1.165, 1.54) is 13.0 Å². The lowest BCUT2D eigenvalue weighted by atomic mass is 10.2. The second kappa shape index (κ2) is 8.35. The summed E-state index contributed by atoms with van der Waals surface area (Å²) in [6.45, 7) is 1.45. The van der Waals surface area contributed by atoms with Gasteiger partial charge in [-0.2, -0.15) is 0 Å². The van der Waals surface area contributed by atoms with Crippen molar-refractivity contribution in [1.29, 1.82) is 0 Å². The first-order valence-electron chi connectivity index (χ1n) is 7.69. The Kier molecular flexibility index (Phi) is 6.19. The van der Waals surface area contributed by atoms with Gasteiger partial charge in [-0.15, -0.1) is 0 Å². The number of carbonyl (C=O) groups is 2. The molecule has 5 nitrogen and oxygen atoms in total. The maximum Gasteiger partial charge on any atom is 0.248 e. The van der Waals surface area contributed by atoms with Gasteiger partial charge < -0.3 is 15.5 Å². The summed E-state index contributed by atoms with van der Waals surface area (Å²) in [6.07, 6.45) is 3.15. The Morgan fingerprint density at radius 1 is 1.04 bits per heavy atom. The first-order chi connectivity index (χ1) is 11.8. The molecule has 0 saturated carbocycles. The molecule has 0 aromatic heterocycles. The molecule has 25 heavy (non-hydrogen) atoms. The van der Waals surface area contributed by atoms with E-state index >= 15 is 0 Å². The van der Waals surface area contributed by atoms with Gasteiger partial charge in [0.25, 0.3) is 0 Å². The zero-order chi connectivity index (χ0) is 18.4. The number of hydrogen-bond acceptors (Lipinski definition) is 3. The minimum absolute atomic E-state index is 0.124. The van der Waals surface area contributed by atoms with Crippen molar-refractivity contribution in [2.45, 2.75) is 6.92 Å². The molecule has 2 aromatic carbocycles. The van der Waals surface area contributed by atoms with Crippen molar-refractivity contribution < 1.29 is 9.59 Å². The summed E-state index contributed by atoms with van der Waals surface area (Å²) in [4.78, 5) is 25.1. The van der Waals surface area contributed by atoms with Crippen LogP contribution < -0.4 is 15.5 Å². The van der Waals surface area contributed by atoms with E-state index < -0.39 is 0 Å². The fourth-order valence-corrected chi connectivity index (χ4v) is 2.40. The summed E-state index contributed by atoms with van der Waals surface area (Å²) in [5.41, 5.74) is 3.07. The highest BCUT2D eigenvalue weighted by atomic mass is 35.5. The molecule has 0 aliphatic heterocycles. The fraction of sp³-hybridized carbons (Fsp3) is 0.158. The number of rotatable bonds is 5. The van der Waals surface area contributed by atoms with E-state index in [4.69, 9.17) is 11.6 Å². The first-order valence-corrected chi connectivity index (χ1v) is 8.06. The molecule has 2 rings (SSSR count). The van der Waals surface area contributed by atoms with Crippen molar-refractivity contribution in [1.82, 2.24) is 0 Å². The number of carbonyl (C=O) groups excluding carboxylic acids is 2. The van der Waals surface area contributed by atoms with Crippen LogP contribution in [-0.4, -0.2) is 25.9 Å². The van der Waals surface area contributed by atoms with Crippen LogP contribution in [0.4, 0.5) is 17.1 Å². The van der Waals surface area contributed by atoms with Gasteiger partial charge in [0.15, 0.2) is 0 Å². The smallest absolute Gasteiger partial charge is 0.248 e. The average Bonchev–Trinajstić information content (AvgIpc) is 2.53. The number of nitrogens with one attached hydrogen (secondary N) is 2. The summed E-state index contributed by atoms with van der Waals surface area (Å²) < 4.78 is 0. The van der Waals surface area contributed by atoms with Crippen LogP contribution in [0.1, 0.15) is 12.5 Å². The molecule has 2 amide bonds. The molecule has 0 unspecified atom stereocenters. The van der Waals surface area contributed by atoms with Gasteiger partial charge >= 0.3 is 0 Å². The summed E-state index contributed by atoms with van der Waals surface area (Å²) in [6, 6.07) is 12.5. The Labute approximate surface area is 152 Å². The summed E-state index contributed by atoms with van der Waals surface area (Å²) in [7, 11) is 3.79. The van der Waals surface area contributed by atoms with Crippen molar-refractivity contribution in [2.75, 3.05) is 29.6 Å². The molecule has 0 aliphatic rings. The van der Waals surface area contributed by atoms with E-state index in [1.807, 2.05) is 37.2 Å². The van der Waals surface area contributed by atoms with E-state index in [0.29, 0.717) is 16.4 Å². The largest absolute Gasteiger partial charge is 0.376 e. The standard InChI is InChI=1S/C19H20ClN3O2/c1-13(24)21-16-8-4-14(5-9-16)6-11-19(25)22-17-12-15(20)7-10-18(17)23(2)3/h4-12H,1-3H3,(H,21,24)(H,22,25)/b11-6+. The molecule has 0 radical (unpaired) electrons. The lowest BCUT2D eigenvalue weighted by Gasteiger charge is -2.17. The first kappa shape index (κ1) is 18.5. The number of anilines is 3. The Bertz CT molecular complexity index is 799. The highest BCUT2D eigenvalue weighted by Crippen LogP contribution is 2.27. The Balaban J connectivity index is 2.06. The molecule has 0 atom stereocenters. The van der Waals surface area contributed by atoms with Gasteiger partial charge in [-0.05, 0) is 42.0 Å². The molecular weight excluding hydrogens is 338 g/mol. The highest BCUT2D eigenvalue weighted by molar-refractivity contribution is 6.31. The van der Waals surface area contributed by atoms with Crippen molar-refractivity contribution in [3.05, 3.63) is 59.1 Å². The second-order valence-electron chi connectivity index (χ2n) is 5.68. The Hall–Kier alpha value is -2.79. The maximum absolute atomic E-state index is 12.2. The van der Waals surface area contributed by atoms with Crippen molar-refractivity contribution in [3.8, 4) is 0 Å². The minimum Gasteiger partial charge on any atom is -0.376 e.